The van der Waals surface area contributed by atoms with Crippen LogP contribution in [-0.4, -0.2) is 39.9 Å². The molecule has 4 atom stereocenters. The van der Waals surface area contributed by atoms with Crippen molar-refractivity contribution in [2.75, 3.05) is 0 Å². The van der Waals surface area contributed by atoms with Gasteiger partial charge in [-0.3, -0.25) is 28.9 Å². The Kier molecular flexibility index (Phi) is 7.80. The Balaban J connectivity index is 1.35. The van der Waals surface area contributed by atoms with Gasteiger partial charge in [0.25, 0.3) is 23.6 Å². The summed E-state index contributed by atoms with van der Waals surface area (Å²) in [5.41, 5.74) is 0. The summed E-state index contributed by atoms with van der Waals surface area (Å²) in [7, 11) is 0. The number of amides is 4. The maximum absolute atomic E-state index is 12.8. The van der Waals surface area contributed by atoms with Crippen LogP contribution in [0.3, 0.4) is 0 Å². The van der Waals surface area contributed by atoms with Crippen LogP contribution in [0.5, 0.6) is 0 Å². The number of nitrogens with zero attached hydrogens (tertiary/aromatic N) is 2. The SMILES string of the molecule is O=C(ON1C(=O)CC(C2/C=C\CCCCC2)C1=O)ON1C(=O)CC(C2/C=C\CCCCC2)C1=O. The molecule has 2 fully saturated rings. The second kappa shape index (κ2) is 11.0. The normalized spacial score (nSPS) is 32.6. The minimum atomic E-state index is -1.45. The van der Waals surface area contributed by atoms with E-state index in [1.54, 1.807) is 0 Å². The van der Waals surface area contributed by atoms with Crippen molar-refractivity contribution < 1.29 is 33.6 Å². The molecule has 0 aromatic heterocycles. The lowest BCUT2D eigenvalue weighted by molar-refractivity contribution is -0.199. The predicted molar refractivity (Wildman–Crippen MR) is 119 cm³/mol. The van der Waals surface area contributed by atoms with Gasteiger partial charge in [-0.25, -0.2) is 0 Å². The first-order valence-electron chi connectivity index (χ1n) is 12.4. The summed E-state index contributed by atoms with van der Waals surface area (Å²) in [6, 6.07) is 0. The van der Waals surface area contributed by atoms with Crippen molar-refractivity contribution in [2.45, 2.75) is 77.0 Å². The van der Waals surface area contributed by atoms with Crippen LogP contribution < -0.4 is 0 Å². The van der Waals surface area contributed by atoms with E-state index < -0.39 is 41.6 Å². The van der Waals surface area contributed by atoms with E-state index in [1.807, 2.05) is 24.3 Å². The van der Waals surface area contributed by atoms with Crippen molar-refractivity contribution in [1.29, 1.82) is 0 Å². The van der Waals surface area contributed by atoms with Crippen molar-refractivity contribution in [3.05, 3.63) is 24.3 Å². The van der Waals surface area contributed by atoms with Crippen LogP contribution in [0.25, 0.3) is 0 Å². The Morgan fingerprint density at radius 2 is 1.12 bits per heavy atom. The number of allylic oxidation sites excluding steroid dienone is 4. The Morgan fingerprint density at radius 3 is 1.56 bits per heavy atom. The topological polar surface area (TPSA) is 110 Å². The highest BCUT2D eigenvalue weighted by molar-refractivity contribution is 6.04. The van der Waals surface area contributed by atoms with Crippen LogP contribution in [0.15, 0.2) is 24.3 Å². The minimum absolute atomic E-state index is 0.0568. The number of imide groups is 2. The summed E-state index contributed by atoms with van der Waals surface area (Å²) in [4.78, 5) is 72.5. The molecule has 0 aromatic rings. The summed E-state index contributed by atoms with van der Waals surface area (Å²) in [6.45, 7) is 0. The third-order valence-electron chi connectivity index (χ3n) is 7.23. The minimum Gasteiger partial charge on any atom is -0.293 e. The lowest BCUT2D eigenvalue weighted by atomic mass is 9.84. The highest BCUT2D eigenvalue weighted by Gasteiger charge is 2.47. The van der Waals surface area contributed by atoms with Crippen molar-refractivity contribution in [2.24, 2.45) is 23.7 Å². The third-order valence-corrected chi connectivity index (χ3v) is 7.23. The molecule has 4 amide bonds. The van der Waals surface area contributed by atoms with Gasteiger partial charge in [0.2, 0.25) is 0 Å². The standard InChI is InChI=1S/C25H32N2O7/c28-21-15-19(17-11-7-3-1-4-8-12-17)23(30)26(21)33-25(32)34-27-22(29)16-20(24(27)31)18-13-9-5-2-6-10-14-18/h7,9,11,13,17-20H,1-6,8,10,12,14-16H2/b11-7-,13-9-. The molecule has 0 aromatic carbocycles. The molecule has 2 aliphatic carbocycles. The number of carbonyl (C=O) groups excluding carboxylic acids is 5. The fourth-order valence-electron chi connectivity index (χ4n) is 5.33. The van der Waals surface area contributed by atoms with Gasteiger partial charge >= 0.3 is 6.16 Å². The largest absolute Gasteiger partial charge is 0.560 e. The molecular weight excluding hydrogens is 440 g/mol. The molecule has 34 heavy (non-hydrogen) atoms. The van der Waals surface area contributed by atoms with E-state index >= 15 is 0 Å². The molecule has 184 valence electrons. The molecular formula is C25H32N2O7. The van der Waals surface area contributed by atoms with Crippen LogP contribution in [0.4, 0.5) is 4.79 Å². The zero-order valence-electron chi connectivity index (χ0n) is 19.4. The van der Waals surface area contributed by atoms with Crippen molar-refractivity contribution in [1.82, 2.24) is 10.1 Å². The number of carbonyl (C=O) groups is 5. The first-order valence-corrected chi connectivity index (χ1v) is 12.4. The van der Waals surface area contributed by atoms with Crippen LogP contribution in [-0.2, 0) is 28.9 Å². The molecule has 0 radical (unpaired) electrons. The zero-order valence-corrected chi connectivity index (χ0v) is 19.4. The summed E-state index contributed by atoms with van der Waals surface area (Å²) < 4.78 is 0. The van der Waals surface area contributed by atoms with Gasteiger partial charge in [-0.05, 0) is 50.4 Å². The van der Waals surface area contributed by atoms with Crippen LogP contribution in [0.2, 0.25) is 0 Å². The maximum atomic E-state index is 12.8. The molecule has 0 spiro atoms. The Bertz CT molecular complexity index is 826. The summed E-state index contributed by atoms with van der Waals surface area (Å²) >= 11 is 0. The number of rotatable bonds is 4. The fraction of sp³-hybridized carbons (Fsp3) is 0.640. The van der Waals surface area contributed by atoms with E-state index in [9.17, 15) is 24.0 Å². The van der Waals surface area contributed by atoms with Gasteiger partial charge in [0.1, 0.15) is 0 Å². The molecule has 4 aliphatic rings. The maximum Gasteiger partial charge on any atom is 0.560 e. The third kappa shape index (κ3) is 5.39. The van der Waals surface area contributed by atoms with Gasteiger partial charge in [0, 0.05) is 12.8 Å². The number of hydrogen-bond donors (Lipinski definition) is 0. The average Bonchev–Trinajstić information content (AvgIpc) is 3.18. The lowest BCUT2D eigenvalue weighted by Gasteiger charge is -2.21. The fourth-order valence-corrected chi connectivity index (χ4v) is 5.33. The molecule has 0 saturated carbocycles. The van der Waals surface area contributed by atoms with Gasteiger partial charge < -0.3 is 0 Å². The second-order valence-electron chi connectivity index (χ2n) is 9.57. The van der Waals surface area contributed by atoms with Crippen LogP contribution in [0, 0.1) is 23.7 Å². The molecule has 2 heterocycles. The van der Waals surface area contributed by atoms with Gasteiger partial charge in [-0.15, -0.1) is 0 Å². The average molecular weight is 473 g/mol. The van der Waals surface area contributed by atoms with Crippen molar-refractivity contribution in [3.63, 3.8) is 0 Å². The second-order valence-corrected chi connectivity index (χ2v) is 9.57. The molecule has 0 N–H and O–H groups in total. The molecule has 0 bridgehead atoms. The Labute approximate surface area is 199 Å². The highest BCUT2D eigenvalue weighted by atomic mass is 16.9. The lowest BCUT2D eigenvalue weighted by Crippen LogP contribution is -2.39. The molecule has 2 saturated heterocycles. The number of hydroxylamine groups is 4. The van der Waals surface area contributed by atoms with Crippen molar-refractivity contribution >= 4 is 29.8 Å². The first-order chi connectivity index (χ1) is 16.5. The smallest absolute Gasteiger partial charge is 0.293 e. The summed E-state index contributed by atoms with van der Waals surface area (Å²) in [5.74, 6) is -3.87. The monoisotopic (exact) mass is 472 g/mol. The molecule has 4 rings (SSSR count). The van der Waals surface area contributed by atoms with Gasteiger partial charge in [0.05, 0.1) is 11.8 Å². The van der Waals surface area contributed by atoms with Gasteiger partial charge in [-0.1, -0.05) is 60.1 Å². The Morgan fingerprint density at radius 1 is 0.676 bits per heavy atom. The predicted octanol–water partition coefficient (Wildman–Crippen LogP) is 3.99. The Hall–Kier alpha value is -2.97. The molecule has 4 unspecified atom stereocenters. The zero-order chi connectivity index (χ0) is 24.1. The van der Waals surface area contributed by atoms with Gasteiger partial charge in [0.15, 0.2) is 0 Å². The van der Waals surface area contributed by atoms with Crippen LogP contribution >= 0.6 is 0 Å². The van der Waals surface area contributed by atoms with E-state index in [1.165, 1.54) is 0 Å². The van der Waals surface area contributed by atoms with E-state index in [0.717, 1.165) is 64.2 Å². The number of hydrogen-bond acceptors (Lipinski definition) is 7. The van der Waals surface area contributed by atoms with Gasteiger partial charge in [-0.2, -0.15) is 4.79 Å². The quantitative estimate of drug-likeness (QED) is 0.449. The summed E-state index contributed by atoms with van der Waals surface area (Å²) in [6.07, 6.45) is 16.2. The first kappa shape index (κ1) is 24.2. The molecule has 9 nitrogen and oxygen atoms in total. The van der Waals surface area contributed by atoms with E-state index in [4.69, 9.17) is 9.68 Å². The highest BCUT2D eigenvalue weighted by Crippen LogP contribution is 2.34. The molecule has 2 aliphatic heterocycles. The van der Waals surface area contributed by atoms with E-state index in [-0.39, 0.29) is 24.7 Å². The van der Waals surface area contributed by atoms with E-state index in [2.05, 4.69) is 0 Å². The van der Waals surface area contributed by atoms with Crippen molar-refractivity contribution in [3.8, 4) is 0 Å². The summed E-state index contributed by atoms with van der Waals surface area (Å²) in [5, 5.41) is 0.833. The van der Waals surface area contributed by atoms with E-state index in [0.29, 0.717) is 10.1 Å². The van der Waals surface area contributed by atoms with Crippen LogP contribution in [0.1, 0.15) is 77.0 Å². The molecule has 9 heteroatoms.